The van der Waals surface area contributed by atoms with Gasteiger partial charge in [-0.3, -0.25) is 19.4 Å². The van der Waals surface area contributed by atoms with Crippen LogP contribution in [-0.4, -0.2) is 66.6 Å². The van der Waals surface area contributed by atoms with Crippen molar-refractivity contribution in [3.05, 3.63) is 42.2 Å². The lowest BCUT2D eigenvalue weighted by Crippen LogP contribution is -2.47. The number of pyridine rings is 1. The predicted molar refractivity (Wildman–Crippen MR) is 140 cm³/mol. The Morgan fingerprint density at radius 1 is 1.05 bits per heavy atom. The lowest BCUT2D eigenvalue weighted by atomic mass is 9.90. The van der Waals surface area contributed by atoms with Crippen molar-refractivity contribution in [3.8, 4) is 0 Å². The van der Waals surface area contributed by atoms with Gasteiger partial charge in [-0.05, 0) is 44.6 Å². The van der Waals surface area contributed by atoms with Crippen LogP contribution >= 0.6 is 0 Å². The Balaban J connectivity index is 1.30. The maximum Gasteiger partial charge on any atom is 0.321 e. The van der Waals surface area contributed by atoms with Crippen LogP contribution < -0.4 is 27.0 Å². The zero-order chi connectivity index (χ0) is 27.5. The quantitative estimate of drug-likeness (QED) is 0.209. The molecule has 14 heteroatoms. The van der Waals surface area contributed by atoms with E-state index < -0.39 is 29.6 Å². The monoisotopic (exact) mass is 539 g/mol. The van der Waals surface area contributed by atoms with Crippen LogP contribution in [0.25, 0.3) is 5.65 Å². The number of rotatable bonds is 11. The van der Waals surface area contributed by atoms with Crippen molar-refractivity contribution in [3.63, 3.8) is 0 Å². The Hall–Kier alpha value is -4.33. The van der Waals surface area contributed by atoms with E-state index in [1.807, 2.05) is 6.07 Å². The number of fused-ring (bicyclic) bond motifs is 1. The van der Waals surface area contributed by atoms with Crippen LogP contribution in [0.1, 0.15) is 55.4 Å². The van der Waals surface area contributed by atoms with E-state index in [2.05, 4.69) is 36.3 Å². The first-order chi connectivity index (χ1) is 18.8. The fraction of sp³-hybridized carbons (Fsp3) is 0.440. The number of halogens is 1. The van der Waals surface area contributed by atoms with Crippen LogP contribution in [0.4, 0.5) is 21.6 Å². The summed E-state index contributed by atoms with van der Waals surface area (Å²) >= 11 is 0. The summed E-state index contributed by atoms with van der Waals surface area (Å²) in [6, 6.07) is 2.56. The van der Waals surface area contributed by atoms with Gasteiger partial charge in [-0.25, -0.2) is 13.9 Å². The van der Waals surface area contributed by atoms with E-state index in [-0.39, 0.29) is 29.9 Å². The molecule has 7 N–H and O–H groups in total. The molecule has 0 unspecified atom stereocenters. The van der Waals surface area contributed by atoms with Gasteiger partial charge in [0.2, 0.25) is 5.91 Å². The number of nitrogens with two attached hydrogens (primary N) is 1. The van der Waals surface area contributed by atoms with E-state index in [0.717, 1.165) is 37.6 Å². The summed E-state index contributed by atoms with van der Waals surface area (Å²) in [7, 11) is 0. The molecule has 5 rings (SSSR count). The summed E-state index contributed by atoms with van der Waals surface area (Å²) in [5.41, 5.74) is 6.54. The minimum atomic E-state index is -1.10. The highest BCUT2D eigenvalue weighted by molar-refractivity contribution is 6.03. The number of nitrogens with one attached hydrogen (secondary N) is 4. The molecule has 0 aromatic carbocycles. The number of hydrogen-bond donors (Lipinski definition) is 6. The average Bonchev–Trinajstić information content (AvgIpc) is 3.61. The number of imidazole rings is 1. The van der Waals surface area contributed by atoms with Gasteiger partial charge in [0, 0.05) is 30.4 Å². The molecule has 3 aromatic rings. The molecule has 1 atom stereocenters. The molecule has 2 aliphatic rings. The molecule has 2 aliphatic carbocycles. The molecule has 2 saturated carbocycles. The second kappa shape index (κ2) is 11.2. The van der Waals surface area contributed by atoms with Gasteiger partial charge in [-0.2, -0.15) is 0 Å². The van der Waals surface area contributed by atoms with Gasteiger partial charge in [0.1, 0.15) is 11.9 Å². The lowest BCUT2D eigenvalue weighted by molar-refractivity contribution is -0.141. The van der Waals surface area contributed by atoms with E-state index >= 15 is 0 Å². The molecule has 39 heavy (non-hydrogen) atoms. The van der Waals surface area contributed by atoms with Crippen molar-refractivity contribution in [1.29, 1.82) is 0 Å². The van der Waals surface area contributed by atoms with Crippen LogP contribution in [0.15, 0.2) is 30.7 Å². The summed E-state index contributed by atoms with van der Waals surface area (Å²) in [4.78, 5) is 43.8. The average molecular weight is 540 g/mol. The smallest absolute Gasteiger partial charge is 0.321 e. The Bertz CT molecular complexity index is 1390. The molecule has 0 bridgehead atoms. The minimum absolute atomic E-state index is 0.00175. The van der Waals surface area contributed by atoms with Gasteiger partial charge in [-0.15, -0.1) is 5.10 Å². The Kier molecular flexibility index (Phi) is 7.54. The summed E-state index contributed by atoms with van der Waals surface area (Å²) in [6.07, 6.45) is 8.50. The van der Waals surface area contributed by atoms with Crippen LogP contribution in [0, 0.1) is 5.82 Å². The number of carboxylic acid groups (broad SMARTS) is 1. The van der Waals surface area contributed by atoms with Crippen molar-refractivity contribution in [1.82, 2.24) is 24.9 Å². The number of carbonyl (C=O) groups excluding carboxylic acids is 2. The number of aromatic nitrogens is 4. The molecule has 0 saturated heterocycles. The van der Waals surface area contributed by atoms with Crippen LogP contribution in [0.3, 0.4) is 0 Å². The van der Waals surface area contributed by atoms with E-state index in [9.17, 15) is 23.9 Å². The zero-order valence-electron chi connectivity index (χ0n) is 21.1. The molecule has 206 valence electrons. The normalized spacial score (nSPS) is 19.8. The Labute approximate surface area is 222 Å². The van der Waals surface area contributed by atoms with Gasteiger partial charge >= 0.3 is 5.97 Å². The van der Waals surface area contributed by atoms with Crippen LogP contribution in [0.2, 0.25) is 0 Å². The largest absolute Gasteiger partial charge is 0.480 e. The number of nitrogens with zero attached hydrogens (tertiary/aromatic N) is 4. The number of primary amides is 1. The standard InChI is InChI=1S/C25H30FN9O4/c26-16-11-28-8-7-17(16)33-24(37)20-12-29-23-18(30-13-1-2-13)10-22(34-35(20)23)32-15-5-3-14(4-6-15)31-19(25(38)39)9-21(27)36/h7-8,10-15,19,30-31H,1-6,9H2,(H2,27,36)(H,32,34)(H,38,39)(H,28,33,37)/t14-,15-,19-/m0/s1. The highest BCUT2D eigenvalue weighted by atomic mass is 19.1. The third-order valence-electron chi connectivity index (χ3n) is 6.88. The van der Waals surface area contributed by atoms with E-state index in [4.69, 9.17) is 5.73 Å². The second-order valence-corrected chi connectivity index (χ2v) is 9.97. The van der Waals surface area contributed by atoms with Gasteiger partial charge < -0.3 is 32.1 Å². The lowest BCUT2D eigenvalue weighted by Gasteiger charge is -2.31. The van der Waals surface area contributed by atoms with Crippen LogP contribution in [-0.2, 0) is 9.59 Å². The number of aliphatic carboxylic acids is 1. The predicted octanol–water partition coefficient (Wildman–Crippen LogP) is 1.73. The second-order valence-electron chi connectivity index (χ2n) is 9.97. The topological polar surface area (TPSA) is 189 Å². The Morgan fingerprint density at radius 3 is 2.41 bits per heavy atom. The maximum absolute atomic E-state index is 14.0. The summed E-state index contributed by atoms with van der Waals surface area (Å²) in [5.74, 6) is -2.44. The third kappa shape index (κ3) is 6.39. The SMILES string of the molecule is NC(=O)C[C@H](N[C@H]1CC[C@H](Nc2cc(NC3CC3)c3ncc(C(=O)Nc4ccncc4F)n3n2)CC1)C(=O)O. The fourth-order valence-electron chi connectivity index (χ4n) is 4.73. The molecule has 0 radical (unpaired) electrons. The molecule has 3 heterocycles. The number of hydrogen-bond acceptors (Lipinski definition) is 9. The highest BCUT2D eigenvalue weighted by Crippen LogP contribution is 2.30. The molecule has 2 fully saturated rings. The zero-order valence-corrected chi connectivity index (χ0v) is 21.1. The van der Waals surface area contributed by atoms with Gasteiger partial charge in [-0.1, -0.05) is 0 Å². The van der Waals surface area contributed by atoms with E-state index in [0.29, 0.717) is 30.3 Å². The molecule has 2 amide bonds. The van der Waals surface area contributed by atoms with Crippen molar-refractivity contribution >= 4 is 40.6 Å². The van der Waals surface area contributed by atoms with Gasteiger partial charge in [0.15, 0.2) is 17.2 Å². The Morgan fingerprint density at radius 2 is 1.74 bits per heavy atom. The van der Waals surface area contributed by atoms with E-state index in [1.54, 1.807) is 0 Å². The van der Waals surface area contributed by atoms with Crippen molar-refractivity contribution < 1.29 is 23.9 Å². The van der Waals surface area contributed by atoms with Crippen molar-refractivity contribution in [2.45, 2.75) is 69.1 Å². The van der Waals surface area contributed by atoms with Crippen LogP contribution in [0.5, 0.6) is 0 Å². The number of carbonyl (C=O) groups is 3. The molecular weight excluding hydrogens is 509 g/mol. The number of amides is 2. The van der Waals surface area contributed by atoms with Gasteiger partial charge in [0.05, 0.1) is 30.2 Å². The molecule has 13 nitrogen and oxygen atoms in total. The molecular formula is C25H30FN9O4. The fourth-order valence-corrected chi connectivity index (χ4v) is 4.73. The van der Waals surface area contributed by atoms with Gasteiger partial charge in [0.25, 0.3) is 5.91 Å². The first-order valence-electron chi connectivity index (χ1n) is 12.9. The van der Waals surface area contributed by atoms with E-state index in [1.165, 1.54) is 23.0 Å². The first-order valence-corrected chi connectivity index (χ1v) is 12.9. The maximum atomic E-state index is 14.0. The molecule has 3 aromatic heterocycles. The van der Waals surface area contributed by atoms with Crippen molar-refractivity contribution in [2.75, 3.05) is 16.0 Å². The molecule has 0 spiro atoms. The third-order valence-corrected chi connectivity index (χ3v) is 6.88. The number of anilines is 3. The van der Waals surface area contributed by atoms with Crippen molar-refractivity contribution in [2.24, 2.45) is 5.73 Å². The summed E-state index contributed by atoms with van der Waals surface area (Å²) < 4.78 is 15.5. The minimum Gasteiger partial charge on any atom is -0.480 e. The first kappa shape index (κ1) is 26.3. The summed E-state index contributed by atoms with van der Waals surface area (Å²) in [5, 5.41) is 26.4. The highest BCUT2D eigenvalue weighted by Gasteiger charge is 2.28. The summed E-state index contributed by atoms with van der Waals surface area (Å²) in [6.45, 7) is 0. The molecule has 0 aliphatic heterocycles. The number of carboxylic acids is 1.